The lowest BCUT2D eigenvalue weighted by atomic mass is 9.92. The van der Waals surface area contributed by atoms with Crippen LogP contribution in [-0.4, -0.2) is 70.6 Å². The molecule has 0 radical (unpaired) electrons. The number of anilines is 2. The molecule has 224 valence electrons. The first-order valence-electron chi connectivity index (χ1n) is 13.9. The van der Waals surface area contributed by atoms with E-state index < -0.39 is 35.6 Å². The maximum atomic E-state index is 13.3. The van der Waals surface area contributed by atoms with Crippen molar-refractivity contribution >= 4 is 51.7 Å². The number of oxime groups is 1. The predicted octanol–water partition coefficient (Wildman–Crippen LogP) is -0.736. The van der Waals surface area contributed by atoms with E-state index in [2.05, 4.69) is 15.5 Å². The summed E-state index contributed by atoms with van der Waals surface area (Å²) in [7, 11) is 1.82. The summed E-state index contributed by atoms with van der Waals surface area (Å²) in [6.07, 6.45) is 7.04. The number of pyridine rings is 1. The fourth-order valence-corrected chi connectivity index (χ4v) is 6.22. The monoisotopic (exact) mass is 607 g/mol. The van der Waals surface area contributed by atoms with Gasteiger partial charge in [0.2, 0.25) is 0 Å². The maximum Gasteiger partial charge on any atom is 0.337 e. The summed E-state index contributed by atoms with van der Waals surface area (Å²) in [6, 6.07) is 3.56. The van der Waals surface area contributed by atoms with Crippen LogP contribution in [0.1, 0.15) is 37.8 Å². The molecule has 4 aliphatic rings. The molecule has 2 aromatic rings. The number of carboxylic acids is 1. The number of thiazole rings is 1. The number of carbonyl (C=O) groups is 4. The molecule has 0 aromatic carbocycles. The normalized spacial score (nSPS) is 23.4. The largest absolute Gasteiger partial charge is 0.543 e. The molecule has 0 bridgehead atoms. The van der Waals surface area contributed by atoms with Gasteiger partial charge >= 0.3 is 5.91 Å². The van der Waals surface area contributed by atoms with Gasteiger partial charge in [-0.1, -0.05) is 11.2 Å². The van der Waals surface area contributed by atoms with E-state index in [4.69, 9.17) is 15.3 Å². The first-order valence-corrected chi connectivity index (χ1v) is 14.8. The number of hydrogen-bond donors (Lipinski definition) is 2. The van der Waals surface area contributed by atoms with Gasteiger partial charge in [0, 0.05) is 23.4 Å². The molecule has 5 heterocycles. The van der Waals surface area contributed by atoms with Crippen LogP contribution in [0.4, 0.5) is 10.9 Å². The lowest BCUT2D eigenvalue weighted by Gasteiger charge is -2.50. The average molecular weight is 608 g/mol. The second-order valence-electron chi connectivity index (χ2n) is 10.6. The third kappa shape index (κ3) is 5.31. The Hall–Kier alpha value is -4.79. The quantitative estimate of drug-likeness (QED) is 0.128. The Morgan fingerprint density at radius 3 is 2.79 bits per heavy atom. The van der Waals surface area contributed by atoms with Gasteiger partial charge in [0.25, 0.3) is 17.6 Å². The van der Waals surface area contributed by atoms with Crippen LogP contribution in [-0.2, 0) is 35.8 Å². The Balaban J connectivity index is 1.20. The number of nitrogens with two attached hydrogens (primary N) is 1. The number of aryl methyl sites for hydroxylation is 1. The molecule has 2 aromatic heterocycles. The number of ether oxygens (including phenoxy) is 1. The van der Waals surface area contributed by atoms with Crippen LogP contribution in [0.5, 0.6) is 0 Å². The fraction of sp³-hybridized carbons (Fsp3) is 0.393. The molecule has 14 nitrogen and oxygen atoms in total. The molecule has 0 unspecified atom stereocenters. The summed E-state index contributed by atoms with van der Waals surface area (Å²) in [6.45, 7) is 0.279. The van der Waals surface area contributed by atoms with Crippen molar-refractivity contribution in [2.45, 2.75) is 50.3 Å². The minimum absolute atomic E-state index is 0.118. The van der Waals surface area contributed by atoms with E-state index in [0.29, 0.717) is 24.4 Å². The number of aromatic nitrogens is 2. The Bertz CT molecular complexity index is 1590. The molecule has 15 heteroatoms. The van der Waals surface area contributed by atoms with Crippen molar-refractivity contribution in [1.82, 2.24) is 15.2 Å². The van der Waals surface area contributed by atoms with Crippen molar-refractivity contribution in [2.75, 3.05) is 23.8 Å². The molecule has 0 spiro atoms. The number of carbonyl (C=O) groups excluding carboxylic acids is 4. The summed E-state index contributed by atoms with van der Waals surface area (Å²) >= 11 is 1.12. The number of nitrogen functional groups attached to an aromatic ring is 1. The lowest BCUT2D eigenvalue weighted by molar-refractivity contribution is -0.658. The molecule has 1 aliphatic carbocycles. The summed E-state index contributed by atoms with van der Waals surface area (Å²) < 4.78 is 7.57. The van der Waals surface area contributed by atoms with Crippen LogP contribution in [0.3, 0.4) is 0 Å². The number of aliphatic carboxylic acids is 1. The first kappa shape index (κ1) is 28.3. The minimum Gasteiger partial charge on any atom is -0.543 e. The van der Waals surface area contributed by atoms with E-state index in [0.717, 1.165) is 41.9 Å². The average Bonchev–Trinajstić information content (AvgIpc) is 3.74. The van der Waals surface area contributed by atoms with Crippen molar-refractivity contribution in [1.29, 1.82) is 0 Å². The van der Waals surface area contributed by atoms with Crippen LogP contribution < -0.4 is 25.6 Å². The molecule has 3 aliphatic heterocycles. The highest BCUT2D eigenvalue weighted by molar-refractivity contribution is 7.13. The SMILES string of the molecule is C[n+]1ccccc1N1CC/C(=C\C2=C(C(=O)[O-])N3C(=O)[C@@H](NC(=O)/C(=N\OC4CCCC4)c4csc(N)n4)[C@H]3CO2)C1=O. The summed E-state index contributed by atoms with van der Waals surface area (Å²) in [5, 5.41) is 20.7. The van der Waals surface area contributed by atoms with Gasteiger partial charge < -0.3 is 30.5 Å². The molecule has 3 fully saturated rings. The Labute approximate surface area is 250 Å². The van der Waals surface area contributed by atoms with Crippen molar-refractivity contribution in [3.05, 3.63) is 58.6 Å². The Morgan fingerprint density at radius 2 is 2.09 bits per heavy atom. The number of carboxylic acid groups (broad SMARTS) is 1. The zero-order valence-corrected chi connectivity index (χ0v) is 24.0. The molecule has 2 saturated heterocycles. The molecule has 1 saturated carbocycles. The topological polar surface area (TPSA) is 183 Å². The number of fused-ring (bicyclic) bond motifs is 1. The number of β-lactam (4-membered cyclic amide) rings is 1. The summed E-state index contributed by atoms with van der Waals surface area (Å²) in [4.78, 5) is 64.2. The van der Waals surface area contributed by atoms with E-state index in [1.54, 1.807) is 10.3 Å². The van der Waals surface area contributed by atoms with Crippen LogP contribution in [0.25, 0.3) is 0 Å². The predicted molar refractivity (Wildman–Crippen MR) is 150 cm³/mol. The van der Waals surface area contributed by atoms with Crippen LogP contribution in [0.15, 0.2) is 58.0 Å². The molecule has 43 heavy (non-hydrogen) atoms. The van der Waals surface area contributed by atoms with Crippen LogP contribution in [0, 0.1) is 0 Å². The third-order valence-electron chi connectivity index (χ3n) is 7.89. The van der Waals surface area contributed by atoms with E-state index >= 15 is 0 Å². The lowest BCUT2D eigenvalue weighted by Crippen LogP contribution is -2.74. The molecule has 2 atom stereocenters. The molecule has 3 amide bonds. The number of rotatable bonds is 8. The van der Waals surface area contributed by atoms with E-state index in [-0.39, 0.29) is 40.9 Å². The van der Waals surface area contributed by atoms with Crippen LogP contribution >= 0.6 is 11.3 Å². The van der Waals surface area contributed by atoms with Crippen molar-refractivity contribution in [2.24, 2.45) is 12.2 Å². The smallest absolute Gasteiger partial charge is 0.337 e. The Morgan fingerprint density at radius 1 is 1.30 bits per heavy atom. The fourth-order valence-electron chi connectivity index (χ4n) is 5.67. The number of hydrogen-bond acceptors (Lipinski definition) is 11. The summed E-state index contributed by atoms with van der Waals surface area (Å²) in [5.74, 6) is -2.80. The molecule has 3 N–H and O–H groups in total. The standard InChI is InChI=1S/C28H29N7O7S/c1-33-10-5-4-8-20(33)34-11-9-15(25(34)37)12-19-23(27(39)40)35-18(13-41-19)22(26(35)38)31-24(36)21(17-14-43-28(29)30-17)32-42-16-6-2-3-7-16/h4-5,8,10,12,14,16,18,22H,2-3,6-7,9,11,13H2,1H3,(H3-,29,30,31,36,39,40)/b15-12+,32-21-/t18-,22+/m1/s1. The van der Waals surface area contributed by atoms with Crippen molar-refractivity contribution in [3.8, 4) is 0 Å². The van der Waals surface area contributed by atoms with Gasteiger partial charge in [-0.3, -0.25) is 14.5 Å². The highest BCUT2D eigenvalue weighted by Gasteiger charge is 2.53. The highest BCUT2D eigenvalue weighted by Crippen LogP contribution is 2.34. The van der Waals surface area contributed by atoms with Gasteiger partial charge in [-0.2, -0.15) is 4.90 Å². The minimum atomic E-state index is -1.64. The van der Waals surface area contributed by atoms with Gasteiger partial charge in [0.05, 0.1) is 25.8 Å². The van der Waals surface area contributed by atoms with Crippen molar-refractivity contribution in [3.63, 3.8) is 0 Å². The van der Waals surface area contributed by atoms with Gasteiger partial charge in [0.1, 0.15) is 41.9 Å². The van der Waals surface area contributed by atoms with E-state index in [1.165, 1.54) is 6.08 Å². The zero-order valence-electron chi connectivity index (χ0n) is 23.2. The van der Waals surface area contributed by atoms with Gasteiger partial charge in [-0.15, -0.1) is 11.3 Å². The number of allylic oxidation sites excluding steroid dienone is 1. The number of nitrogens with one attached hydrogen (secondary N) is 1. The molecule has 6 rings (SSSR count). The molecular weight excluding hydrogens is 578 g/mol. The highest BCUT2D eigenvalue weighted by atomic mass is 32.1. The van der Waals surface area contributed by atoms with Gasteiger partial charge in [-0.05, 0) is 37.8 Å². The zero-order chi connectivity index (χ0) is 30.2. The first-order chi connectivity index (χ1) is 20.7. The van der Waals surface area contributed by atoms with Crippen LogP contribution in [0.2, 0.25) is 0 Å². The summed E-state index contributed by atoms with van der Waals surface area (Å²) in [5.41, 5.74) is 5.65. The van der Waals surface area contributed by atoms with Gasteiger partial charge in [-0.25, -0.2) is 14.3 Å². The van der Waals surface area contributed by atoms with E-state index in [9.17, 15) is 24.3 Å². The molecular formula is C28H29N7O7S. The van der Waals surface area contributed by atoms with E-state index in [1.807, 2.05) is 36.0 Å². The van der Waals surface area contributed by atoms with Gasteiger partial charge in [0.15, 0.2) is 10.8 Å². The Kier molecular flexibility index (Phi) is 7.56. The number of nitrogens with zero attached hydrogens (tertiary/aromatic N) is 5. The third-order valence-corrected chi connectivity index (χ3v) is 8.57. The second kappa shape index (κ2) is 11.5. The van der Waals surface area contributed by atoms with Crippen molar-refractivity contribution < 1.29 is 38.4 Å². The maximum absolute atomic E-state index is 13.3. The second-order valence-corrected chi connectivity index (χ2v) is 11.5. The number of amides is 3.